The van der Waals surface area contributed by atoms with Crippen LogP contribution in [0.5, 0.6) is 0 Å². The van der Waals surface area contributed by atoms with Crippen molar-refractivity contribution in [1.29, 1.82) is 0 Å². The van der Waals surface area contributed by atoms with E-state index in [-0.39, 0.29) is 23.5 Å². The molecule has 2 aliphatic heterocycles. The van der Waals surface area contributed by atoms with Crippen molar-refractivity contribution in [3.8, 4) is 0 Å². The van der Waals surface area contributed by atoms with Gasteiger partial charge in [0.2, 0.25) is 5.91 Å². The second kappa shape index (κ2) is 8.74. The molecule has 0 radical (unpaired) electrons. The molecule has 1 saturated heterocycles. The first-order valence-electron chi connectivity index (χ1n) is 11.4. The van der Waals surface area contributed by atoms with Crippen molar-refractivity contribution in [3.05, 3.63) is 58.1 Å². The molecule has 2 fully saturated rings. The molecule has 3 amide bonds. The maximum Gasteiger partial charge on any atom is 0.322 e. The van der Waals surface area contributed by atoms with Gasteiger partial charge in [-0.3, -0.25) is 4.79 Å². The van der Waals surface area contributed by atoms with E-state index in [1.165, 1.54) is 24.0 Å². The number of hydrogen-bond donors (Lipinski definition) is 2. The SMILES string of the molecule is CO[C@@H]1C[C@H](C(=O)Nc2ccc3c(c2)C2(CC2)CN(C)C3)N(C(=O)Nc2ccc(Br)cc2)C1. The van der Waals surface area contributed by atoms with Crippen LogP contribution in [0.25, 0.3) is 0 Å². The van der Waals surface area contributed by atoms with Gasteiger partial charge in [0.25, 0.3) is 0 Å². The third-order valence-electron chi connectivity index (χ3n) is 7.07. The standard InChI is InChI=1S/C25H29BrN4O3/c1-29-13-16-3-6-19(11-21(16)25(15-29)9-10-25)27-23(31)22-12-20(33-2)14-30(22)24(32)28-18-7-4-17(26)5-8-18/h3-8,11,20,22H,9-10,12-15H2,1-2H3,(H,27,31)(H,28,32)/t20-,22-/m1/s1. The van der Waals surface area contributed by atoms with Crippen molar-refractivity contribution < 1.29 is 14.3 Å². The van der Waals surface area contributed by atoms with Crippen molar-refractivity contribution in [3.63, 3.8) is 0 Å². The van der Waals surface area contributed by atoms with Gasteiger partial charge >= 0.3 is 6.03 Å². The number of anilines is 2. The van der Waals surface area contributed by atoms with Crippen LogP contribution in [0.15, 0.2) is 46.9 Å². The van der Waals surface area contributed by atoms with Crippen LogP contribution < -0.4 is 10.6 Å². The Hall–Kier alpha value is -2.42. The molecule has 7 nitrogen and oxygen atoms in total. The lowest BCUT2D eigenvalue weighted by Crippen LogP contribution is -2.45. The highest BCUT2D eigenvalue weighted by molar-refractivity contribution is 9.10. The van der Waals surface area contributed by atoms with E-state index in [4.69, 9.17) is 4.74 Å². The number of likely N-dealkylation sites (tertiary alicyclic amines) is 1. The lowest BCUT2D eigenvalue weighted by Gasteiger charge is -2.33. The Bertz CT molecular complexity index is 1070. The number of methoxy groups -OCH3 is 1. The van der Waals surface area contributed by atoms with E-state index in [2.05, 4.69) is 50.6 Å². The van der Waals surface area contributed by atoms with Gasteiger partial charge < -0.3 is 25.2 Å². The van der Waals surface area contributed by atoms with Gasteiger partial charge in [-0.2, -0.15) is 0 Å². The fourth-order valence-electron chi connectivity index (χ4n) is 5.21. The van der Waals surface area contributed by atoms with E-state index < -0.39 is 6.04 Å². The van der Waals surface area contributed by atoms with Crippen LogP contribution in [0.1, 0.15) is 30.4 Å². The fraction of sp³-hybridized carbons (Fsp3) is 0.440. The molecule has 33 heavy (non-hydrogen) atoms. The molecule has 3 aliphatic rings. The Labute approximate surface area is 202 Å². The predicted octanol–water partition coefficient (Wildman–Crippen LogP) is 4.19. The first-order valence-corrected chi connectivity index (χ1v) is 12.1. The minimum atomic E-state index is -0.595. The van der Waals surface area contributed by atoms with Gasteiger partial charge in [-0.05, 0) is 67.4 Å². The van der Waals surface area contributed by atoms with Gasteiger partial charge in [0, 0.05) is 54.4 Å². The number of amides is 3. The number of urea groups is 1. The molecule has 2 atom stereocenters. The van der Waals surface area contributed by atoms with Gasteiger partial charge in [-0.25, -0.2) is 4.79 Å². The van der Waals surface area contributed by atoms with Gasteiger partial charge in [0.15, 0.2) is 0 Å². The van der Waals surface area contributed by atoms with Crippen molar-refractivity contribution in [1.82, 2.24) is 9.80 Å². The Kier molecular flexibility index (Phi) is 5.93. The summed E-state index contributed by atoms with van der Waals surface area (Å²) in [5, 5.41) is 5.97. The number of nitrogens with zero attached hydrogens (tertiary/aromatic N) is 2. The maximum absolute atomic E-state index is 13.3. The summed E-state index contributed by atoms with van der Waals surface area (Å²) in [6, 6.07) is 12.7. The van der Waals surface area contributed by atoms with Gasteiger partial charge in [0.05, 0.1) is 6.10 Å². The highest BCUT2D eigenvalue weighted by Gasteiger charge is 2.48. The first kappa shape index (κ1) is 22.4. The van der Waals surface area contributed by atoms with Crippen LogP contribution in [-0.4, -0.2) is 61.1 Å². The van der Waals surface area contributed by atoms with Crippen LogP contribution >= 0.6 is 15.9 Å². The Balaban J connectivity index is 1.31. The summed E-state index contributed by atoms with van der Waals surface area (Å²) >= 11 is 3.40. The number of carbonyl (C=O) groups is 2. The third-order valence-corrected chi connectivity index (χ3v) is 7.60. The van der Waals surface area contributed by atoms with Crippen molar-refractivity contribution >= 4 is 39.2 Å². The van der Waals surface area contributed by atoms with Crippen LogP contribution in [0, 0.1) is 0 Å². The summed E-state index contributed by atoms with van der Waals surface area (Å²) in [6.45, 7) is 2.38. The number of fused-ring (bicyclic) bond motifs is 2. The average Bonchev–Trinajstić information content (AvgIpc) is 3.41. The summed E-state index contributed by atoms with van der Waals surface area (Å²) in [7, 11) is 3.78. The Morgan fingerprint density at radius 3 is 2.52 bits per heavy atom. The number of ether oxygens (including phenoxy) is 1. The quantitative estimate of drug-likeness (QED) is 0.644. The summed E-state index contributed by atoms with van der Waals surface area (Å²) in [5.41, 5.74) is 4.43. The Morgan fingerprint density at radius 2 is 1.82 bits per heavy atom. The molecule has 0 bridgehead atoms. The number of carbonyl (C=O) groups excluding carboxylic acids is 2. The summed E-state index contributed by atoms with van der Waals surface area (Å²) in [4.78, 5) is 30.2. The normalized spacial score (nSPS) is 23.3. The molecule has 2 heterocycles. The van der Waals surface area contributed by atoms with Gasteiger partial charge in [-0.15, -0.1) is 0 Å². The molecule has 5 rings (SSSR count). The van der Waals surface area contributed by atoms with E-state index in [0.29, 0.717) is 18.7 Å². The van der Waals surface area contributed by atoms with Crippen LogP contribution in [0.4, 0.5) is 16.2 Å². The molecule has 1 aliphatic carbocycles. The predicted molar refractivity (Wildman–Crippen MR) is 131 cm³/mol. The second-order valence-electron chi connectivity index (χ2n) is 9.51. The number of likely N-dealkylation sites (N-methyl/N-ethyl adjacent to an activating group) is 1. The zero-order chi connectivity index (χ0) is 23.2. The minimum Gasteiger partial charge on any atom is -0.380 e. The van der Waals surface area contributed by atoms with Crippen LogP contribution in [0.2, 0.25) is 0 Å². The Morgan fingerprint density at radius 1 is 1.09 bits per heavy atom. The molecule has 174 valence electrons. The number of nitrogens with one attached hydrogen (secondary N) is 2. The van der Waals surface area contributed by atoms with Crippen molar-refractivity contribution in [2.75, 3.05) is 37.9 Å². The topological polar surface area (TPSA) is 73.9 Å². The summed E-state index contributed by atoms with van der Waals surface area (Å²) in [5.74, 6) is -0.182. The number of benzene rings is 2. The van der Waals surface area contributed by atoms with E-state index in [1.807, 2.05) is 30.3 Å². The minimum absolute atomic E-state index is 0.176. The number of rotatable bonds is 4. The summed E-state index contributed by atoms with van der Waals surface area (Å²) < 4.78 is 6.43. The summed E-state index contributed by atoms with van der Waals surface area (Å²) in [6.07, 6.45) is 2.69. The van der Waals surface area contributed by atoms with E-state index in [9.17, 15) is 9.59 Å². The smallest absolute Gasteiger partial charge is 0.322 e. The second-order valence-corrected chi connectivity index (χ2v) is 10.4. The lowest BCUT2D eigenvalue weighted by molar-refractivity contribution is -0.119. The zero-order valence-electron chi connectivity index (χ0n) is 18.9. The number of halogens is 1. The third kappa shape index (κ3) is 4.52. The maximum atomic E-state index is 13.3. The zero-order valence-corrected chi connectivity index (χ0v) is 20.5. The molecular formula is C25H29BrN4O3. The molecule has 0 unspecified atom stereocenters. The molecule has 1 saturated carbocycles. The highest BCUT2D eigenvalue weighted by Crippen LogP contribution is 2.52. The number of hydrogen-bond acceptors (Lipinski definition) is 4. The largest absolute Gasteiger partial charge is 0.380 e. The van der Waals surface area contributed by atoms with Crippen molar-refractivity contribution in [2.45, 2.75) is 43.4 Å². The van der Waals surface area contributed by atoms with Crippen LogP contribution in [0.3, 0.4) is 0 Å². The monoisotopic (exact) mass is 512 g/mol. The molecular weight excluding hydrogens is 484 g/mol. The van der Waals surface area contributed by atoms with Crippen LogP contribution in [-0.2, 0) is 21.5 Å². The van der Waals surface area contributed by atoms with Crippen molar-refractivity contribution in [2.24, 2.45) is 0 Å². The molecule has 0 aromatic heterocycles. The molecule has 2 aromatic rings. The van der Waals surface area contributed by atoms with E-state index in [1.54, 1.807) is 12.0 Å². The average molecular weight is 513 g/mol. The first-order chi connectivity index (χ1) is 15.9. The molecule has 2 aromatic carbocycles. The van der Waals surface area contributed by atoms with E-state index >= 15 is 0 Å². The van der Waals surface area contributed by atoms with Gasteiger partial charge in [-0.1, -0.05) is 22.0 Å². The molecule has 2 N–H and O–H groups in total. The van der Waals surface area contributed by atoms with Gasteiger partial charge in [0.1, 0.15) is 6.04 Å². The van der Waals surface area contributed by atoms with E-state index in [0.717, 1.165) is 23.2 Å². The fourth-order valence-corrected chi connectivity index (χ4v) is 5.47. The molecule has 8 heteroatoms. The lowest BCUT2D eigenvalue weighted by atomic mass is 9.87. The molecule has 1 spiro atoms. The highest BCUT2D eigenvalue weighted by atomic mass is 79.9.